The Kier molecular flexibility index (Phi) is 10.0. The van der Waals surface area contributed by atoms with Crippen LogP contribution in [-0.2, 0) is 32.6 Å². The van der Waals surface area contributed by atoms with E-state index < -0.39 is 0 Å². The Labute approximate surface area is 199 Å². The van der Waals surface area contributed by atoms with Crippen LogP contribution in [0.1, 0.15) is 16.7 Å². The van der Waals surface area contributed by atoms with Crippen molar-refractivity contribution >= 4 is 0 Å². The van der Waals surface area contributed by atoms with E-state index in [4.69, 9.17) is 0 Å². The van der Waals surface area contributed by atoms with Crippen LogP contribution in [0.5, 0.6) is 0 Å². The van der Waals surface area contributed by atoms with E-state index in [9.17, 15) is 0 Å². The van der Waals surface area contributed by atoms with Crippen molar-refractivity contribution in [3.8, 4) is 22.3 Å². The van der Waals surface area contributed by atoms with Crippen LogP contribution in [0.25, 0.3) is 22.3 Å². The molecule has 28 heavy (non-hydrogen) atoms. The van der Waals surface area contributed by atoms with Gasteiger partial charge in [-0.15, -0.1) is 5.56 Å². The van der Waals surface area contributed by atoms with E-state index in [0.29, 0.717) is 0 Å². The molecule has 0 atom stereocenters. The SMILES string of the molecule is Cc1cc(-c2ccccc2)c[cH-]1.[Cl-].[Cl-].[Zr+4].[c-]1cccc2c1Cc1ccccc1-2. The number of hydrogen-bond acceptors (Lipinski definition) is 0. The Morgan fingerprint density at radius 3 is 2.18 bits per heavy atom. The average Bonchev–Trinajstić information content (AvgIpc) is 3.26. The fraction of sp³-hybridized carbons (Fsp3) is 0.0800. The van der Waals surface area contributed by atoms with Crippen molar-refractivity contribution in [3.05, 3.63) is 114 Å². The molecule has 0 N–H and O–H groups in total. The van der Waals surface area contributed by atoms with Gasteiger partial charge >= 0.3 is 26.2 Å². The number of hydrogen-bond donors (Lipinski definition) is 0. The molecule has 0 heterocycles. The Morgan fingerprint density at radius 2 is 1.46 bits per heavy atom. The maximum Gasteiger partial charge on any atom is 4.00 e. The van der Waals surface area contributed by atoms with E-state index in [1.165, 1.54) is 38.9 Å². The molecule has 0 spiro atoms. The maximum atomic E-state index is 3.30. The monoisotopic (exact) mass is 480 g/mol. The van der Waals surface area contributed by atoms with Gasteiger partial charge in [-0.2, -0.15) is 53.1 Å². The first-order valence-electron chi connectivity index (χ1n) is 8.68. The Bertz CT molecular complexity index is 947. The Hall–Kier alpha value is -1.53. The van der Waals surface area contributed by atoms with Gasteiger partial charge in [0.25, 0.3) is 0 Å². The minimum atomic E-state index is 0. The number of benzene rings is 3. The van der Waals surface area contributed by atoms with E-state index >= 15 is 0 Å². The number of rotatable bonds is 1. The molecule has 4 aromatic rings. The van der Waals surface area contributed by atoms with Gasteiger partial charge in [0.05, 0.1) is 0 Å². The van der Waals surface area contributed by atoms with Gasteiger partial charge in [-0.05, 0) is 6.42 Å². The van der Waals surface area contributed by atoms with Crippen molar-refractivity contribution in [1.82, 2.24) is 0 Å². The van der Waals surface area contributed by atoms with Crippen LogP contribution >= 0.6 is 0 Å². The normalized spacial score (nSPS) is 10.0. The molecule has 0 aromatic heterocycles. The van der Waals surface area contributed by atoms with E-state index in [0.717, 1.165) is 6.42 Å². The zero-order valence-corrected chi connectivity index (χ0v) is 19.6. The summed E-state index contributed by atoms with van der Waals surface area (Å²) in [7, 11) is 0. The molecule has 4 aromatic carbocycles. The van der Waals surface area contributed by atoms with Crippen LogP contribution in [0, 0.1) is 13.0 Å². The second-order valence-corrected chi connectivity index (χ2v) is 6.44. The van der Waals surface area contributed by atoms with Gasteiger partial charge in [0.1, 0.15) is 0 Å². The Balaban J connectivity index is 0.000000254. The second-order valence-electron chi connectivity index (χ2n) is 6.44. The summed E-state index contributed by atoms with van der Waals surface area (Å²) in [5.74, 6) is 0. The number of halogens is 2. The minimum absolute atomic E-state index is 0. The van der Waals surface area contributed by atoms with Crippen molar-refractivity contribution in [2.75, 3.05) is 0 Å². The molecule has 5 rings (SSSR count). The van der Waals surface area contributed by atoms with Gasteiger partial charge in [0.15, 0.2) is 0 Å². The molecule has 1 aliphatic carbocycles. The largest absolute Gasteiger partial charge is 4.00 e. The molecule has 0 saturated heterocycles. The van der Waals surface area contributed by atoms with Gasteiger partial charge in [0.2, 0.25) is 0 Å². The molecular formula is C25H20Cl2Zr. The molecule has 0 nitrogen and oxygen atoms in total. The van der Waals surface area contributed by atoms with E-state index in [-0.39, 0.29) is 51.0 Å². The second kappa shape index (κ2) is 11.5. The van der Waals surface area contributed by atoms with Gasteiger partial charge in [-0.25, -0.2) is 6.07 Å². The molecule has 0 bridgehead atoms. The van der Waals surface area contributed by atoms with Gasteiger partial charge in [-0.3, -0.25) is 0 Å². The molecule has 0 aliphatic heterocycles. The van der Waals surface area contributed by atoms with Crippen LogP contribution in [0.4, 0.5) is 0 Å². The topological polar surface area (TPSA) is 0 Å². The van der Waals surface area contributed by atoms with Crippen LogP contribution in [0.2, 0.25) is 0 Å². The van der Waals surface area contributed by atoms with Crippen molar-refractivity contribution in [2.45, 2.75) is 13.3 Å². The Morgan fingerprint density at radius 1 is 0.786 bits per heavy atom. The zero-order valence-electron chi connectivity index (χ0n) is 15.6. The molecule has 3 heteroatoms. The third-order valence-corrected chi connectivity index (χ3v) is 4.63. The molecule has 0 unspecified atom stereocenters. The van der Waals surface area contributed by atoms with Gasteiger partial charge in [0, 0.05) is 0 Å². The van der Waals surface area contributed by atoms with Crippen molar-refractivity contribution < 1.29 is 51.0 Å². The fourth-order valence-electron chi connectivity index (χ4n) is 3.37. The van der Waals surface area contributed by atoms with Crippen LogP contribution < -0.4 is 24.8 Å². The summed E-state index contributed by atoms with van der Waals surface area (Å²) in [6, 6.07) is 35.1. The predicted octanol–water partition coefficient (Wildman–Crippen LogP) is 0.444. The quantitative estimate of drug-likeness (QED) is 0.305. The van der Waals surface area contributed by atoms with Crippen LogP contribution in [0.15, 0.2) is 91.0 Å². The van der Waals surface area contributed by atoms with Gasteiger partial charge in [-0.1, -0.05) is 78.2 Å². The number of fused-ring (bicyclic) bond motifs is 3. The first-order chi connectivity index (χ1) is 12.3. The maximum absolute atomic E-state index is 3.30. The minimum Gasteiger partial charge on any atom is -1.00 e. The zero-order chi connectivity index (χ0) is 17.1. The summed E-state index contributed by atoms with van der Waals surface area (Å²) >= 11 is 0. The summed E-state index contributed by atoms with van der Waals surface area (Å²) in [4.78, 5) is 0. The van der Waals surface area contributed by atoms with Gasteiger partial charge < -0.3 is 24.8 Å². The van der Waals surface area contributed by atoms with E-state index in [1.54, 1.807) is 0 Å². The summed E-state index contributed by atoms with van der Waals surface area (Å²) in [6.45, 7) is 2.12. The first kappa shape index (κ1) is 24.5. The van der Waals surface area contributed by atoms with Crippen LogP contribution in [-0.4, -0.2) is 0 Å². The summed E-state index contributed by atoms with van der Waals surface area (Å²) in [6.07, 6.45) is 1.05. The van der Waals surface area contributed by atoms with Crippen molar-refractivity contribution in [2.24, 2.45) is 0 Å². The smallest absolute Gasteiger partial charge is 1.00 e. The molecule has 0 saturated carbocycles. The summed E-state index contributed by atoms with van der Waals surface area (Å²) in [5.41, 5.74) is 9.45. The number of aryl methyl sites for hydroxylation is 1. The standard InChI is InChI=1S/C13H9.C12H11.2ClH.Zr/c1-3-7-12-10(5-1)9-11-6-2-4-8-13(11)12;1-10-7-8-12(9-10)11-5-3-2-4-6-11;;;/h1-5,7-8H,9H2;2-9H,1H3;2*1H;/q2*-1;;;+4/p-2. The van der Waals surface area contributed by atoms with Crippen molar-refractivity contribution in [1.29, 1.82) is 0 Å². The molecular weight excluding hydrogens is 462 g/mol. The van der Waals surface area contributed by atoms with E-state index in [1.807, 2.05) is 12.1 Å². The van der Waals surface area contributed by atoms with Crippen LogP contribution in [0.3, 0.4) is 0 Å². The first-order valence-corrected chi connectivity index (χ1v) is 8.68. The third-order valence-electron chi connectivity index (χ3n) is 4.63. The molecule has 0 fully saturated rings. The van der Waals surface area contributed by atoms with E-state index in [2.05, 4.69) is 91.9 Å². The summed E-state index contributed by atoms with van der Waals surface area (Å²) in [5, 5.41) is 0. The average molecular weight is 483 g/mol. The molecule has 138 valence electrons. The van der Waals surface area contributed by atoms with Crippen molar-refractivity contribution in [3.63, 3.8) is 0 Å². The molecule has 0 radical (unpaired) electrons. The predicted molar refractivity (Wildman–Crippen MR) is 106 cm³/mol. The fourth-order valence-corrected chi connectivity index (χ4v) is 3.37. The molecule has 0 amide bonds. The summed E-state index contributed by atoms with van der Waals surface area (Å²) < 4.78 is 0. The molecule has 1 aliphatic rings. The third kappa shape index (κ3) is 5.51.